The van der Waals surface area contributed by atoms with Crippen molar-refractivity contribution in [2.45, 2.75) is 87.6 Å². The maximum absolute atomic E-state index is 11.3. The minimum atomic E-state index is -3.31. The summed E-state index contributed by atoms with van der Waals surface area (Å²) >= 11 is 0. The van der Waals surface area contributed by atoms with Crippen molar-refractivity contribution in [3.8, 4) is 0 Å². The van der Waals surface area contributed by atoms with Gasteiger partial charge >= 0.3 is 12.1 Å². The minimum absolute atomic E-state index is 0.0480. The lowest BCUT2D eigenvalue weighted by molar-refractivity contribution is -0.158. The molecule has 0 aromatic heterocycles. The van der Waals surface area contributed by atoms with E-state index in [0.29, 0.717) is 32.5 Å². The first-order valence-electron chi connectivity index (χ1n) is 11.3. The van der Waals surface area contributed by atoms with Gasteiger partial charge in [0, 0.05) is 19.6 Å². The second-order valence-electron chi connectivity index (χ2n) is 9.39. The zero-order valence-electron chi connectivity index (χ0n) is 18.8. The molecule has 1 amide bonds. The van der Waals surface area contributed by atoms with E-state index >= 15 is 0 Å². The molecule has 2 saturated carbocycles. The Labute approximate surface area is 189 Å². The van der Waals surface area contributed by atoms with E-state index in [9.17, 15) is 23.1 Å². The summed E-state index contributed by atoms with van der Waals surface area (Å²) in [6.07, 6.45) is 9.44. The van der Waals surface area contributed by atoms with Crippen LogP contribution < -0.4 is 5.32 Å². The number of amides is 1. The van der Waals surface area contributed by atoms with Gasteiger partial charge in [-0.05, 0) is 63.7 Å². The van der Waals surface area contributed by atoms with Crippen LogP contribution in [0.1, 0.15) is 64.2 Å². The van der Waals surface area contributed by atoms with E-state index in [0.717, 1.165) is 44.8 Å². The minimum Gasteiger partial charge on any atom is -0.480 e. The largest absolute Gasteiger partial charge is 0.480 e. The van der Waals surface area contributed by atoms with Crippen molar-refractivity contribution < 1.29 is 41.5 Å². The molecule has 4 rings (SSSR count). The lowest BCUT2D eigenvalue weighted by Gasteiger charge is -2.48. The number of methoxy groups -OCH3 is 1. The summed E-state index contributed by atoms with van der Waals surface area (Å²) in [5, 5.41) is 11.6. The number of carbonyl (C=O) groups excluding carboxylic acids is 1. The molecule has 4 fully saturated rings. The summed E-state index contributed by atoms with van der Waals surface area (Å²) in [5.74, 6) is -1.10. The molecule has 32 heavy (non-hydrogen) atoms. The second-order valence-corrected chi connectivity index (χ2v) is 11.0. The first-order chi connectivity index (χ1) is 15.1. The predicted molar refractivity (Wildman–Crippen MR) is 114 cm³/mol. The molecule has 10 nitrogen and oxygen atoms in total. The maximum atomic E-state index is 11.3. The van der Waals surface area contributed by atoms with Crippen molar-refractivity contribution >= 4 is 22.2 Å². The highest BCUT2D eigenvalue weighted by molar-refractivity contribution is 7.86. The fraction of sp³-hybridized carbons (Fsp3) is 0.905. The van der Waals surface area contributed by atoms with Crippen LogP contribution in [0.15, 0.2) is 0 Å². The normalized spacial score (nSPS) is 28.9. The van der Waals surface area contributed by atoms with Gasteiger partial charge in [0.25, 0.3) is 10.1 Å². The summed E-state index contributed by atoms with van der Waals surface area (Å²) in [7, 11) is -2.09. The molecule has 2 aliphatic carbocycles. The van der Waals surface area contributed by atoms with E-state index in [-0.39, 0.29) is 23.2 Å². The summed E-state index contributed by atoms with van der Waals surface area (Å²) in [6.45, 7) is 1.19. The van der Waals surface area contributed by atoms with Crippen LogP contribution in [0.2, 0.25) is 0 Å². The molecule has 2 N–H and O–H groups in total. The van der Waals surface area contributed by atoms with E-state index in [1.807, 2.05) is 0 Å². The van der Waals surface area contributed by atoms with Crippen LogP contribution in [-0.2, 0) is 33.3 Å². The van der Waals surface area contributed by atoms with Gasteiger partial charge in [-0.25, -0.2) is 9.59 Å². The first kappa shape index (κ1) is 25.2. The highest BCUT2D eigenvalue weighted by atomic mass is 32.2. The molecule has 2 heterocycles. The van der Waals surface area contributed by atoms with E-state index in [1.54, 1.807) is 0 Å². The summed E-state index contributed by atoms with van der Waals surface area (Å²) in [6, 6.07) is -0.890. The van der Waals surface area contributed by atoms with Crippen molar-refractivity contribution in [2.24, 2.45) is 5.92 Å². The number of carbonyl (C=O) groups is 2. The van der Waals surface area contributed by atoms with Gasteiger partial charge in [-0.1, -0.05) is 0 Å². The van der Waals surface area contributed by atoms with Crippen LogP contribution in [-0.4, -0.2) is 75.5 Å². The molecule has 0 aromatic rings. The summed E-state index contributed by atoms with van der Waals surface area (Å²) < 4.78 is 42.8. The average Bonchev–Trinajstić information content (AvgIpc) is 2.68. The molecule has 0 aromatic carbocycles. The molecule has 2 aliphatic heterocycles. The molecular formula is C21H35NO9S. The molecule has 2 saturated heterocycles. The van der Waals surface area contributed by atoms with Crippen molar-refractivity contribution in [3.63, 3.8) is 0 Å². The quantitative estimate of drug-likeness (QED) is 0.571. The van der Waals surface area contributed by atoms with Gasteiger partial charge in [0.05, 0.1) is 30.7 Å². The number of aliphatic carboxylic acids is 1. The predicted octanol–water partition coefficient (Wildman–Crippen LogP) is 2.21. The summed E-state index contributed by atoms with van der Waals surface area (Å²) in [4.78, 5) is 22.4. The molecule has 0 radical (unpaired) electrons. The highest BCUT2D eigenvalue weighted by Gasteiger charge is 2.46. The van der Waals surface area contributed by atoms with Crippen molar-refractivity contribution in [2.75, 3.05) is 26.6 Å². The van der Waals surface area contributed by atoms with Crippen LogP contribution in [0.5, 0.6) is 0 Å². The third kappa shape index (κ3) is 6.55. The Morgan fingerprint density at radius 1 is 1.03 bits per heavy atom. The second kappa shape index (κ2) is 10.2. The smallest absolute Gasteiger partial charge is 0.407 e. The summed E-state index contributed by atoms with van der Waals surface area (Å²) in [5.41, 5.74) is -0.179. The molecule has 0 bridgehead atoms. The van der Waals surface area contributed by atoms with E-state index in [1.165, 1.54) is 13.5 Å². The Bertz CT molecular complexity index is 776. The molecule has 3 unspecified atom stereocenters. The van der Waals surface area contributed by atoms with E-state index < -0.39 is 28.2 Å². The van der Waals surface area contributed by atoms with E-state index in [2.05, 4.69) is 10.1 Å². The van der Waals surface area contributed by atoms with Crippen LogP contribution in [0.25, 0.3) is 0 Å². The molecule has 2 spiro atoms. The van der Waals surface area contributed by atoms with Gasteiger partial charge in [-0.3, -0.25) is 4.18 Å². The highest BCUT2D eigenvalue weighted by Crippen LogP contribution is 2.45. The number of hydrogen-bond acceptors (Lipinski definition) is 8. The third-order valence-electron chi connectivity index (χ3n) is 7.02. The molecule has 4 aliphatic rings. The zero-order valence-corrected chi connectivity index (χ0v) is 19.7. The van der Waals surface area contributed by atoms with Gasteiger partial charge in [-0.15, -0.1) is 0 Å². The van der Waals surface area contributed by atoms with Crippen molar-refractivity contribution in [1.82, 2.24) is 5.32 Å². The molecule has 184 valence electrons. The molecular weight excluding hydrogens is 442 g/mol. The fourth-order valence-electron chi connectivity index (χ4n) is 5.07. The van der Waals surface area contributed by atoms with Gasteiger partial charge < -0.3 is 24.6 Å². The number of hydrogen-bond donors (Lipinski definition) is 2. The zero-order chi connectivity index (χ0) is 23.4. The number of carboxylic acids is 1. The van der Waals surface area contributed by atoms with Crippen LogP contribution in [0, 0.1) is 5.92 Å². The Balaban J connectivity index is 0.000000186. The van der Waals surface area contributed by atoms with Crippen LogP contribution >= 0.6 is 0 Å². The van der Waals surface area contributed by atoms with Gasteiger partial charge in [0.2, 0.25) is 0 Å². The maximum Gasteiger partial charge on any atom is 0.407 e. The monoisotopic (exact) mass is 477 g/mol. The van der Waals surface area contributed by atoms with E-state index in [4.69, 9.17) is 13.7 Å². The number of alkyl carbamates (subject to hydrolysis) is 1. The topological polar surface area (TPSA) is 137 Å². The molecule has 11 heteroatoms. The standard InChI is InChI=1S/C12H19NO5.C9H16O4S/c1-17-11(16)13-9(10(14)15)8-3-6-18-12(7-8)4-2-5-12;1-14(10,11)13-8-3-6-12-9(7-8)4-2-5-9/h8-9H,2-7H2,1H3,(H,13,16)(H,14,15);8H,2-7H2,1H3. The van der Waals surface area contributed by atoms with Crippen molar-refractivity contribution in [1.29, 1.82) is 0 Å². The van der Waals surface area contributed by atoms with Crippen molar-refractivity contribution in [3.05, 3.63) is 0 Å². The van der Waals surface area contributed by atoms with Gasteiger partial charge in [-0.2, -0.15) is 8.42 Å². The van der Waals surface area contributed by atoms with Gasteiger partial charge in [0.15, 0.2) is 0 Å². The Kier molecular flexibility index (Phi) is 8.06. The number of ether oxygens (including phenoxy) is 3. The fourth-order valence-corrected chi connectivity index (χ4v) is 5.73. The average molecular weight is 478 g/mol. The SMILES string of the molecule is COC(=O)NC(C(=O)O)C1CCOC2(CCC2)C1.CS(=O)(=O)OC1CCOC2(CCC2)C1. The Hall–Kier alpha value is -1.43. The number of nitrogens with one attached hydrogen (secondary N) is 1. The van der Waals surface area contributed by atoms with Crippen LogP contribution in [0.3, 0.4) is 0 Å². The number of rotatable bonds is 5. The lowest BCUT2D eigenvalue weighted by Crippen LogP contribution is -2.53. The first-order valence-corrected chi connectivity index (χ1v) is 13.1. The number of carboxylic acid groups (broad SMARTS) is 1. The lowest BCUT2D eigenvalue weighted by atomic mass is 9.70. The van der Waals surface area contributed by atoms with Crippen LogP contribution in [0.4, 0.5) is 4.79 Å². The Morgan fingerprint density at radius 2 is 1.59 bits per heavy atom. The van der Waals surface area contributed by atoms with Gasteiger partial charge in [0.1, 0.15) is 6.04 Å². The Morgan fingerprint density at radius 3 is 2.06 bits per heavy atom. The molecule has 3 atom stereocenters. The third-order valence-corrected chi connectivity index (χ3v) is 7.64.